The van der Waals surface area contributed by atoms with Gasteiger partial charge in [0.1, 0.15) is 0 Å². The molecule has 0 aliphatic heterocycles. The van der Waals surface area contributed by atoms with Crippen molar-refractivity contribution in [2.24, 2.45) is 0 Å². The van der Waals surface area contributed by atoms with Crippen LogP contribution in [-0.2, 0) is 0 Å². The van der Waals surface area contributed by atoms with Gasteiger partial charge in [-0.1, -0.05) is 140 Å². The summed E-state index contributed by atoms with van der Waals surface area (Å²) in [7, 11) is 0. The average Bonchev–Trinajstić information content (AvgIpc) is 4.06. The van der Waals surface area contributed by atoms with Crippen molar-refractivity contribution >= 4 is 65.4 Å². The Bertz CT molecular complexity index is 4240. The van der Waals surface area contributed by atoms with Crippen molar-refractivity contribution in [3.63, 3.8) is 0 Å². The average molecular weight is 882 g/mol. The second-order valence-corrected chi connectivity index (χ2v) is 17.5. The van der Waals surface area contributed by atoms with Crippen LogP contribution in [0.15, 0.2) is 237 Å². The summed E-state index contributed by atoms with van der Waals surface area (Å²) in [5.74, 6) is 0.615. The van der Waals surface area contributed by atoms with E-state index in [9.17, 15) is 0 Å². The lowest BCUT2D eigenvalue weighted by atomic mass is 10.0. The van der Waals surface area contributed by atoms with E-state index in [1.165, 1.54) is 21.5 Å². The van der Waals surface area contributed by atoms with E-state index in [2.05, 4.69) is 231 Å². The van der Waals surface area contributed by atoms with Gasteiger partial charge >= 0.3 is 0 Å². The number of hydrogen-bond acceptors (Lipinski definition) is 4. The molecule has 0 spiro atoms. The molecule has 0 bridgehead atoms. The van der Waals surface area contributed by atoms with Crippen LogP contribution < -0.4 is 0 Å². The molecule has 7 nitrogen and oxygen atoms in total. The van der Waals surface area contributed by atoms with Crippen molar-refractivity contribution in [2.75, 3.05) is 0 Å². The summed E-state index contributed by atoms with van der Waals surface area (Å²) in [6.45, 7) is 0. The summed E-state index contributed by atoms with van der Waals surface area (Å²) in [4.78, 5) is 20.4. The van der Waals surface area contributed by atoms with Crippen LogP contribution >= 0.6 is 0 Å². The standard InChI is InChI=1S/C62H39N7/c1-4-15-40(16-5-1)54-38-55(41-17-6-2-7-18-41)66-62(65-54)69-57-26-13-10-21-46(57)48-30-27-43(36-60(48)69)53-24-14-23-52(64-53)42-28-31-58-50(35-42)47-22-11-12-25-56(47)68(58)45-29-32-59-51(37-45)49-33-34-63-39-61(49)67(59)44-19-8-3-9-20-44/h1-39H. The van der Waals surface area contributed by atoms with E-state index in [1.807, 2.05) is 24.5 Å². The summed E-state index contributed by atoms with van der Waals surface area (Å²) < 4.78 is 6.90. The fourth-order valence-corrected chi connectivity index (χ4v) is 10.4. The van der Waals surface area contributed by atoms with Crippen molar-refractivity contribution in [3.05, 3.63) is 237 Å². The van der Waals surface area contributed by atoms with Gasteiger partial charge in [0.05, 0.1) is 62.1 Å². The lowest BCUT2D eigenvalue weighted by Crippen LogP contribution is -2.04. The highest BCUT2D eigenvalue weighted by Gasteiger charge is 2.20. The molecule has 0 unspecified atom stereocenters. The molecule has 0 radical (unpaired) electrons. The van der Waals surface area contributed by atoms with Crippen molar-refractivity contribution in [3.8, 4) is 62.4 Å². The molecule has 0 aliphatic carbocycles. The van der Waals surface area contributed by atoms with E-state index < -0.39 is 0 Å². The third-order valence-electron chi connectivity index (χ3n) is 13.6. The molecule has 14 aromatic rings. The molecule has 6 aromatic heterocycles. The number of benzene rings is 8. The summed E-state index contributed by atoms with van der Waals surface area (Å²) in [6, 6.07) is 79.1. The zero-order valence-electron chi connectivity index (χ0n) is 37.1. The van der Waals surface area contributed by atoms with E-state index in [-0.39, 0.29) is 0 Å². The lowest BCUT2D eigenvalue weighted by Gasteiger charge is -2.12. The van der Waals surface area contributed by atoms with Crippen LogP contribution in [0.1, 0.15) is 0 Å². The highest BCUT2D eigenvalue weighted by molar-refractivity contribution is 6.13. The predicted octanol–water partition coefficient (Wildman–Crippen LogP) is 15.2. The van der Waals surface area contributed by atoms with Crippen LogP contribution in [0, 0.1) is 0 Å². The van der Waals surface area contributed by atoms with E-state index in [0.29, 0.717) is 5.95 Å². The molecule has 0 atom stereocenters. The maximum atomic E-state index is 5.37. The minimum absolute atomic E-state index is 0.615. The molecule has 69 heavy (non-hydrogen) atoms. The van der Waals surface area contributed by atoms with Crippen LogP contribution in [0.4, 0.5) is 0 Å². The van der Waals surface area contributed by atoms with E-state index in [4.69, 9.17) is 15.0 Å². The minimum Gasteiger partial charge on any atom is -0.309 e. The topological polar surface area (TPSA) is 66.3 Å². The quantitative estimate of drug-likeness (QED) is 0.160. The first kappa shape index (κ1) is 38.8. The highest BCUT2D eigenvalue weighted by Crippen LogP contribution is 2.40. The Morgan fingerprint density at radius 2 is 0.783 bits per heavy atom. The van der Waals surface area contributed by atoms with Crippen molar-refractivity contribution in [1.29, 1.82) is 0 Å². The van der Waals surface area contributed by atoms with Gasteiger partial charge in [-0.05, 0) is 84.9 Å². The first-order chi connectivity index (χ1) is 34.2. The minimum atomic E-state index is 0.615. The van der Waals surface area contributed by atoms with E-state index >= 15 is 0 Å². The Hall–Kier alpha value is -9.46. The van der Waals surface area contributed by atoms with Gasteiger partial charge in [-0.2, -0.15) is 0 Å². The number of rotatable bonds is 7. The van der Waals surface area contributed by atoms with Gasteiger partial charge in [-0.3, -0.25) is 9.55 Å². The van der Waals surface area contributed by atoms with E-state index in [0.717, 1.165) is 100 Å². The first-order valence-electron chi connectivity index (χ1n) is 23.2. The second kappa shape index (κ2) is 15.6. The van der Waals surface area contributed by atoms with Crippen molar-refractivity contribution < 1.29 is 0 Å². The van der Waals surface area contributed by atoms with Crippen LogP contribution in [0.5, 0.6) is 0 Å². The second-order valence-electron chi connectivity index (χ2n) is 17.5. The molecule has 0 saturated heterocycles. The van der Waals surface area contributed by atoms with Gasteiger partial charge in [0.15, 0.2) is 0 Å². The number of fused-ring (bicyclic) bond motifs is 9. The van der Waals surface area contributed by atoms with Crippen LogP contribution in [0.2, 0.25) is 0 Å². The normalized spacial score (nSPS) is 11.8. The van der Waals surface area contributed by atoms with Crippen molar-refractivity contribution in [2.45, 2.75) is 0 Å². The maximum absolute atomic E-state index is 5.37. The molecule has 0 N–H and O–H groups in total. The smallest absolute Gasteiger partial charge is 0.235 e. The monoisotopic (exact) mass is 881 g/mol. The molecule has 0 amide bonds. The maximum Gasteiger partial charge on any atom is 0.235 e. The molecule has 8 aromatic carbocycles. The largest absolute Gasteiger partial charge is 0.309 e. The Morgan fingerprint density at radius 3 is 1.49 bits per heavy atom. The number of para-hydroxylation sites is 3. The molecule has 14 rings (SSSR count). The van der Waals surface area contributed by atoms with E-state index in [1.54, 1.807) is 0 Å². The Kier molecular flexibility index (Phi) is 8.75. The molecule has 0 fully saturated rings. The third-order valence-corrected chi connectivity index (χ3v) is 13.6. The highest BCUT2D eigenvalue weighted by atomic mass is 15.2. The molecular weight excluding hydrogens is 843 g/mol. The third kappa shape index (κ3) is 6.29. The zero-order valence-corrected chi connectivity index (χ0v) is 37.1. The lowest BCUT2D eigenvalue weighted by molar-refractivity contribution is 0.995. The fraction of sp³-hybridized carbons (Fsp3) is 0. The number of pyridine rings is 2. The van der Waals surface area contributed by atoms with Gasteiger partial charge in [0, 0.05) is 72.1 Å². The van der Waals surface area contributed by atoms with Gasteiger partial charge in [-0.15, -0.1) is 0 Å². The van der Waals surface area contributed by atoms with Gasteiger partial charge in [-0.25, -0.2) is 15.0 Å². The molecule has 322 valence electrons. The fourth-order valence-electron chi connectivity index (χ4n) is 10.4. The molecule has 0 saturated carbocycles. The molecule has 7 heteroatoms. The Labute approximate surface area is 396 Å². The van der Waals surface area contributed by atoms with Gasteiger partial charge < -0.3 is 9.13 Å². The van der Waals surface area contributed by atoms with Crippen LogP contribution in [0.25, 0.3) is 128 Å². The molecule has 0 aliphatic rings. The molecular formula is C62H39N7. The number of aromatic nitrogens is 7. The Morgan fingerprint density at radius 1 is 0.261 bits per heavy atom. The molecule has 6 heterocycles. The van der Waals surface area contributed by atoms with Crippen LogP contribution in [0.3, 0.4) is 0 Å². The van der Waals surface area contributed by atoms with Crippen molar-refractivity contribution in [1.82, 2.24) is 33.6 Å². The van der Waals surface area contributed by atoms with Gasteiger partial charge in [0.25, 0.3) is 0 Å². The number of hydrogen-bond donors (Lipinski definition) is 0. The summed E-state index contributed by atoms with van der Waals surface area (Å²) in [5, 5.41) is 6.97. The predicted molar refractivity (Wildman–Crippen MR) is 282 cm³/mol. The zero-order chi connectivity index (χ0) is 45.4. The summed E-state index contributed by atoms with van der Waals surface area (Å²) >= 11 is 0. The summed E-state index contributed by atoms with van der Waals surface area (Å²) in [6.07, 6.45) is 3.85. The van der Waals surface area contributed by atoms with Crippen LogP contribution in [-0.4, -0.2) is 33.6 Å². The summed E-state index contributed by atoms with van der Waals surface area (Å²) in [5.41, 5.74) is 16.4. The Balaban J connectivity index is 0.889. The van der Waals surface area contributed by atoms with Gasteiger partial charge in [0.2, 0.25) is 5.95 Å². The SMILES string of the molecule is c1ccc(-c2cc(-c3ccccc3)nc(-n3c4ccccc4c4ccc(-c5cccc(-c6ccc7c(c6)c6ccccc6n7-c6ccc7c(c6)c6ccncc6n7-c6ccccc6)n5)cc43)n2)cc1. The number of nitrogens with zero attached hydrogens (tertiary/aromatic N) is 7. The first-order valence-corrected chi connectivity index (χ1v) is 23.2.